The lowest BCUT2D eigenvalue weighted by Gasteiger charge is -2.29. The predicted molar refractivity (Wildman–Crippen MR) is 116 cm³/mol. The normalized spacial score (nSPS) is 24.1. The van der Waals surface area contributed by atoms with E-state index in [0.29, 0.717) is 12.6 Å². The zero-order valence-electron chi connectivity index (χ0n) is 17.5. The van der Waals surface area contributed by atoms with Crippen molar-refractivity contribution in [2.24, 2.45) is 0 Å². The van der Waals surface area contributed by atoms with Crippen LogP contribution in [-0.2, 0) is 17.8 Å². The Labute approximate surface area is 173 Å². The Morgan fingerprint density at radius 2 is 2.03 bits per heavy atom. The highest BCUT2D eigenvalue weighted by Gasteiger charge is 2.31. The monoisotopic (exact) mass is 389 g/mol. The molecule has 1 unspecified atom stereocenters. The molecule has 5 rings (SSSR count). The average molecular weight is 390 g/mol. The van der Waals surface area contributed by atoms with E-state index in [1.165, 1.54) is 41.7 Å². The van der Waals surface area contributed by atoms with Crippen molar-refractivity contribution in [3.05, 3.63) is 58.5 Å². The van der Waals surface area contributed by atoms with Gasteiger partial charge in [0.1, 0.15) is 0 Å². The van der Waals surface area contributed by atoms with Crippen LogP contribution < -0.4 is 0 Å². The number of nitrogens with zero attached hydrogens (tertiary/aromatic N) is 3. The van der Waals surface area contributed by atoms with Crippen LogP contribution in [0.3, 0.4) is 0 Å². The Morgan fingerprint density at radius 3 is 2.86 bits per heavy atom. The minimum Gasteiger partial charge on any atom is -0.338 e. The summed E-state index contributed by atoms with van der Waals surface area (Å²) in [4.78, 5) is 14.1. The first-order valence-electron chi connectivity index (χ1n) is 11.3. The first-order chi connectivity index (χ1) is 14.2. The third-order valence-corrected chi connectivity index (χ3v) is 7.04. The maximum Gasteiger partial charge on any atom is 0.219 e. The highest BCUT2D eigenvalue weighted by Crippen LogP contribution is 2.41. The van der Waals surface area contributed by atoms with Gasteiger partial charge in [0.25, 0.3) is 0 Å². The molecule has 0 N–H and O–H groups in total. The lowest BCUT2D eigenvalue weighted by Crippen LogP contribution is -2.35. The fourth-order valence-corrected chi connectivity index (χ4v) is 5.45. The lowest BCUT2D eigenvalue weighted by molar-refractivity contribution is -0.129. The topological polar surface area (TPSA) is 38.1 Å². The molecule has 0 radical (unpaired) electrons. The highest BCUT2D eigenvalue weighted by molar-refractivity contribution is 5.82. The van der Waals surface area contributed by atoms with Crippen molar-refractivity contribution >= 4 is 11.5 Å². The second-order valence-corrected chi connectivity index (χ2v) is 8.85. The van der Waals surface area contributed by atoms with E-state index in [4.69, 9.17) is 5.10 Å². The minimum absolute atomic E-state index is 0.169. The van der Waals surface area contributed by atoms with Gasteiger partial charge < -0.3 is 4.90 Å². The van der Waals surface area contributed by atoms with Gasteiger partial charge in [-0.3, -0.25) is 9.48 Å². The van der Waals surface area contributed by atoms with E-state index in [0.717, 1.165) is 50.8 Å². The molecule has 2 heterocycles. The zero-order chi connectivity index (χ0) is 19.8. The van der Waals surface area contributed by atoms with Crippen LogP contribution in [0, 0.1) is 0 Å². The second kappa shape index (κ2) is 7.81. The summed E-state index contributed by atoms with van der Waals surface area (Å²) in [6.07, 6.45) is 21.7. The summed E-state index contributed by atoms with van der Waals surface area (Å²) in [5.41, 5.74) is 8.24. The molecule has 1 aliphatic heterocycles. The number of allylic oxidation sites excluding steroid dienone is 8. The molecule has 4 aliphatic rings. The summed E-state index contributed by atoms with van der Waals surface area (Å²) < 4.78 is 2.34. The van der Waals surface area contributed by atoms with Crippen molar-refractivity contribution in [1.29, 1.82) is 0 Å². The molecule has 152 valence electrons. The number of aromatic nitrogens is 2. The van der Waals surface area contributed by atoms with Crippen molar-refractivity contribution in [2.75, 3.05) is 6.54 Å². The molecule has 0 bridgehead atoms. The van der Waals surface area contributed by atoms with Crippen molar-refractivity contribution in [1.82, 2.24) is 14.7 Å². The van der Waals surface area contributed by atoms with E-state index in [1.807, 2.05) is 4.90 Å². The van der Waals surface area contributed by atoms with Crippen LogP contribution in [-0.4, -0.2) is 27.1 Å². The molecular formula is C25H31N3O. The number of carbonyl (C=O) groups is 1. The fourth-order valence-electron chi connectivity index (χ4n) is 5.45. The van der Waals surface area contributed by atoms with Gasteiger partial charge in [-0.15, -0.1) is 0 Å². The molecular weight excluding hydrogens is 358 g/mol. The molecule has 0 saturated carbocycles. The van der Waals surface area contributed by atoms with E-state index in [2.05, 4.69) is 35.1 Å². The van der Waals surface area contributed by atoms with Gasteiger partial charge in [0.05, 0.1) is 11.7 Å². The molecule has 0 aromatic carbocycles. The first kappa shape index (κ1) is 18.7. The number of amides is 1. The van der Waals surface area contributed by atoms with Crippen LogP contribution in [0.5, 0.6) is 0 Å². The Bertz CT molecular complexity index is 944. The van der Waals surface area contributed by atoms with Gasteiger partial charge in [-0.2, -0.15) is 5.10 Å². The first-order valence-corrected chi connectivity index (χ1v) is 11.3. The SMILES string of the molecule is CC(=O)N1CCc2c(c(C3=CC=CCC4=C3CCCC4)nn2C2CC=CCC2)C1. The zero-order valence-corrected chi connectivity index (χ0v) is 17.5. The van der Waals surface area contributed by atoms with E-state index < -0.39 is 0 Å². The van der Waals surface area contributed by atoms with Crippen molar-refractivity contribution < 1.29 is 4.79 Å². The molecule has 4 nitrogen and oxygen atoms in total. The highest BCUT2D eigenvalue weighted by atomic mass is 16.2. The quantitative estimate of drug-likeness (QED) is 0.645. The average Bonchev–Trinajstić information content (AvgIpc) is 3.00. The molecule has 29 heavy (non-hydrogen) atoms. The van der Waals surface area contributed by atoms with E-state index >= 15 is 0 Å². The minimum atomic E-state index is 0.169. The van der Waals surface area contributed by atoms with Crippen molar-refractivity contribution in [3.63, 3.8) is 0 Å². The Hall–Kier alpha value is -2.36. The number of fused-ring (bicyclic) bond motifs is 1. The van der Waals surface area contributed by atoms with Gasteiger partial charge in [0.2, 0.25) is 5.91 Å². The van der Waals surface area contributed by atoms with Crippen LogP contribution in [0.1, 0.15) is 81.3 Å². The maximum absolute atomic E-state index is 12.1. The van der Waals surface area contributed by atoms with E-state index in [9.17, 15) is 4.79 Å². The molecule has 1 atom stereocenters. The third kappa shape index (κ3) is 3.43. The second-order valence-electron chi connectivity index (χ2n) is 8.85. The summed E-state index contributed by atoms with van der Waals surface area (Å²) in [5.74, 6) is 0.169. The molecule has 1 amide bonds. The molecule has 1 aromatic heterocycles. The Morgan fingerprint density at radius 1 is 1.14 bits per heavy atom. The van der Waals surface area contributed by atoms with Crippen LogP contribution in [0.15, 0.2) is 41.5 Å². The molecule has 0 fully saturated rings. The number of carbonyl (C=O) groups excluding carboxylic acids is 1. The third-order valence-electron chi connectivity index (χ3n) is 7.04. The van der Waals surface area contributed by atoms with Crippen LogP contribution >= 0.6 is 0 Å². The summed E-state index contributed by atoms with van der Waals surface area (Å²) in [6, 6.07) is 0.452. The van der Waals surface area contributed by atoms with Crippen molar-refractivity contribution in [2.45, 2.75) is 77.3 Å². The fraction of sp³-hybridized carbons (Fsp3) is 0.520. The maximum atomic E-state index is 12.1. The molecule has 0 spiro atoms. The molecule has 0 saturated heterocycles. The smallest absolute Gasteiger partial charge is 0.219 e. The number of rotatable bonds is 2. The number of hydrogen-bond donors (Lipinski definition) is 0. The standard InChI is InChI=1S/C25H31N3O/c1-18(29)27-16-15-24-23(17-27)25(26-28(24)20-11-3-2-4-12-20)22-14-8-6-10-19-9-5-7-13-21(19)22/h2-3,6,8,14,20H,4-5,7,9-13,15-17H2,1H3. The van der Waals surface area contributed by atoms with Crippen LogP contribution in [0.25, 0.3) is 5.57 Å². The molecule has 4 heteroatoms. The van der Waals surface area contributed by atoms with Crippen molar-refractivity contribution in [3.8, 4) is 0 Å². The van der Waals surface area contributed by atoms with Crippen LogP contribution in [0.2, 0.25) is 0 Å². The summed E-state index contributed by atoms with van der Waals surface area (Å²) in [5, 5.41) is 5.27. The Balaban J connectivity index is 1.63. The van der Waals surface area contributed by atoms with E-state index in [-0.39, 0.29) is 5.91 Å². The van der Waals surface area contributed by atoms with Gasteiger partial charge in [-0.05, 0) is 56.9 Å². The van der Waals surface area contributed by atoms with Gasteiger partial charge in [0.15, 0.2) is 0 Å². The predicted octanol–water partition coefficient (Wildman–Crippen LogP) is 5.28. The number of hydrogen-bond acceptors (Lipinski definition) is 2. The largest absolute Gasteiger partial charge is 0.338 e. The molecule has 3 aliphatic carbocycles. The van der Waals surface area contributed by atoms with Gasteiger partial charge in [0, 0.05) is 43.3 Å². The van der Waals surface area contributed by atoms with Gasteiger partial charge >= 0.3 is 0 Å². The summed E-state index contributed by atoms with van der Waals surface area (Å²) in [7, 11) is 0. The Kier molecular flexibility index (Phi) is 5.03. The summed E-state index contributed by atoms with van der Waals surface area (Å²) in [6.45, 7) is 3.20. The summed E-state index contributed by atoms with van der Waals surface area (Å²) >= 11 is 0. The van der Waals surface area contributed by atoms with E-state index in [1.54, 1.807) is 12.5 Å². The lowest BCUT2D eigenvalue weighted by atomic mass is 9.84. The molecule has 1 aromatic rings. The van der Waals surface area contributed by atoms with Crippen LogP contribution in [0.4, 0.5) is 0 Å². The van der Waals surface area contributed by atoms with Gasteiger partial charge in [-0.1, -0.05) is 36.0 Å². The van der Waals surface area contributed by atoms with Gasteiger partial charge in [-0.25, -0.2) is 0 Å².